The fourth-order valence-corrected chi connectivity index (χ4v) is 1.72. The maximum Gasteiger partial charge on any atom is 0.161 e. The highest BCUT2D eigenvalue weighted by molar-refractivity contribution is 6.36. The molecule has 0 spiro atoms. The van der Waals surface area contributed by atoms with Gasteiger partial charge in [-0.15, -0.1) is 0 Å². The first-order valence-corrected chi connectivity index (χ1v) is 5.30. The SMILES string of the molecule is CCNc1cc(Cl)cc(Cl)c1OCC. The molecular weight excluding hydrogens is 221 g/mol. The Morgan fingerprint density at radius 1 is 1.29 bits per heavy atom. The van der Waals surface area contributed by atoms with E-state index >= 15 is 0 Å². The molecule has 0 atom stereocenters. The van der Waals surface area contributed by atoms with Gasteiger partial charge in [0.25, 0.3) is 0 Å². The molecule has 0 fully saturated rings. The number of benzene rings is 1. The minimum absolute atomic E-state index is 0.537. The molecule has 0 radical (unpaired) electrons. The number of anilines is 1. The van der Waals surface area contributed by atoms with E-state index in [1.54, 1.807) is 6.07 Å². The molecule has 0 unspecified atom stereocenters. The van der Waals surface area contributed by atoms with E-state index < -0.39 is 0 Å². The van der Waals surface area contributed by atoms with Crippen LogP contribution in [0.2, 0.25) is 10.0 Å². The summed E-state index contributed by atoms with van der Waals surface area (Å²) in [4.78, 5) is 0. The van der Waals surface area contributed by atoms with Crippen molar-refractivity contribution in [1.82, 2.24) is 0 Å². The van der Waals surface area contributed by atoms with E-state index in [1.165, 1.54) is 0 Å². The number of nitrogens with one attached hydrogen (secondary N) is 1. The number of hydrogen-bond acceptors (Lipinski definition) is 2. The summed E-state index contributed by atoms with van der Waals surface area (Å²) in [5, 5.41) is 4.29. The third-order valence-corrected chi connectivity index (χ3v) is 2.16. The van der Waals surface area contributed by atoms with Gasteiger partial charge in [0, 0.05) is 11.6 Å². The topological polar surface area (TPSA) is 21.3 Å². The molecule has 0 aliphatic rings. The second kappa shape index (κ2) is 5.32. The average molecular weight is 234 g/mol. The third-order valence-electron chi connectivity index (χ3n) is 1.66. The van der Waals surface area contributed by atoms with Crippen molar-refractivity contribution in [2.24, 2.45) is 0 Å². The Bertz CT molecular complexity index is 315. The smallest absolute Gasteiger partial charge is 0.161 e. The first-order chi connectivity index (χ1) is 6.69. The molecule has 78 valence electrons. The van der Waals surface area contributed by atoms with Gasteiger partial charge in [-0.25, -0.2) is 0 Å². The van der Waals surface area contributed by atoms with Crippen molar-refractivity contribution in [2.45, 2.75) is 13.8 Å². The van der Waals surface area contributed by atoms with Crippen molar-refractivity contribution < 1.29 is 4.74 Å². The summed E-state index contributed by atoms with van der Waals surface area (Å²) >= 11 is 11.9. The van der Waals surface area contributed by atoms with Crippen LogP contribution in [-0.4, -0.2) is 13.2 Å². The summed E-state index contributed by atoms with van der Waals surface area (Å²) in [6.07, 6.45) is 0. The highest BCUT2D eigenvalue weighted by Gasteiger charge is 2.09. The highest BCUT2D eigenvalue weighted by atomic mass is 35.5. The van der Waals surface area contributed by atoms with Crippen LogP contribution in [0.5, 0.6) is 5.75 Å². The van der Waals surface area contributed by atoms with Gasteiger partial charge in [0.1, 0.15) is 0 Å². The maximum absolute atomic E-state index is 6.00. The summed E-state index contributed by atoms with van der Waals surface area (Å²) in [6, 6.07) is 3.48. The third kappa shape index (κ3) is 2.69. The van der Waals surface area contributed by atoms with Crippen molar-refractivity contribution in [1.29, 1.82) is 0 Å². The molecule has 0 amide bonds. The molecular formula is C10H13Cl2NO. The number of rotatable bonds is 4. The summed E-state index contributed by atoms with van der Waals surface area (Å²) in [5.41, 5.74) is 0.840. The lowest BCUT2D eigenvalue weighted by atomic mass is 10.3. The fraction of sp³-hybridized carbons (Fsp3) is 0.400. The minimum atomic E-state index is 0.537. The summed E-state index contributed by atoms with van der Waals surface area (Å²) in [6.45, 7) is 5.31. The molecule has 0 saturated carbocycles. The molecule has 0 bridgehead atoms. The molecule has 0 aromatic heterocycles. The molecule has 0 heterocycles. The van der Waals surface area contributed by atoms with Gasteiger partial charge in [-0.3, -0.25) is 0 Å². The quantitative estimate of drug-likeness (QED) is 0.854. The predicted octanol–water partition coefficient (Wildman–Crippen LogP) is 3.82. The van der Waals surface area contributed by atoms with E-state index in [9.17, 15) is 0 Å². The Balaban J connectivity index is 3.07. The Hall–Kier alpha value is -0.600. The zero-order chi connectivity index (χ0) is 10.6. The Morgan fingerprint density at radius 2 is 2.00 bits per heavy atom. The normalized spacial score (nSPS) is 10.0. The minimum Gasteiger partial charge on any atom is -0.490 e. The van der Waals surface area contributed by atoms with Crippen LogP contribution in [0.25, 0.3) is 0 Å². The maximum atomic E-state index is 6.00. The van der Waals surface area contributed by atoms with E-state index in [2.05, 4.69) is 5.32 Å². The molecule has 0 saturated heterocycles. The van der Waals surface area contributed by atoms with Gasteiger partial charge in [0.2, 0.25) is 0 Å². The van der Waals surface area contributed by atoms with Crippen LogP contribution in [0, 0.1) is 0 Å². The van der Waals surface area contributed by atoms with E-state index in [1.807, 2.05) is 19.9 Å². The molecule has 1 N–H and O–H groups in total. The number of halogens is 2. The van der Waals surface area contributed by atoms with Crippen LogP contribution in [0.1, 0.15) is 13.8 Å². The van der Waals surface area contributed by atoms with Gasteiger partial charge in [-0.1, -0.05) is 23.2 Å². The number of ether oxygens (including phenoxy) is 1. The molecule has 1 aromatic carbocycles. The Morgan fingerprint density at radius 3 is 2.57 bits per heavy atom. The Labute approximate surface area is 94.2 Å². The van der Waals surface area contributed by atoms with Crippen LogP contribution in [0.3, 0.4) is 0 Å². The molecule has 0 aliphatic carbocycles. The second-order valence-electron chi connectivity index (χ2n) is 2.73. The van der Waals surface area contributed by atoms with E-state index in [-0.39, 0.29) is 0 Å². The van der Waals surface area contributed by atoms with E-state index in [0.29, 0.717) is 22.4 Å². The molecule has 1 aromatic rings. The van der Waals surface area contributed by atoms with Gasteiger partial charge >= 0.3 is 0 Å². The first kappa shape index (κ1) is 11.5. The molecule has 4 heteroatoms. The van der Waals surface area contributed by atoms with Crippen LogP contribution in [0.4, 0.5) is 5.69 Å². The summed E-state index contributed by atoms with van der Waals surface area (Å²) < 4.78 is 5.42. The zero-order valence-electron chi connectivity index (χ0n) is 8.23. The van der Waals surface area contributed by atoms with Crippen molar-refractivity contribution in [3.8, 4) is 5.75 Å². The van der Waals surface area contributed by atoms with Crippen LogP contribution in [-0.2, 0) is 0 Å². The number of hydrogen-bond donors (Lipinski definition) is 1. The molecule has 0 aliphatic heterocycles. The van der Waals surface area contributed by atoms with Gasteiger partial charge in [0.05, 0.1) is 17.3 Å². The van der Waals surface area contributed by atoms with Gasteiger partial charge in [-0.2, -0.15) is 0 Å². The lowest BCUT2D eigenvalue weighted by molar-refractivity contribution is 0.342. The second-order valence-corrected chi connectivity index (χ2v) is 3.57. The van der Waals surface area contributed by atoms with Gasteiger partial charge in [-0.05, 0) is 26.0 Å². The largest absolute Gasteiger partial charge is 0.490 e. The predicted molar refractivity (Wildman–Crippen MR) is 61.8 cm³/mol. The van der Waals surface area contributed by atoms with Crippen LogP contribution in [0.15, 0.2) is 12.1 Å². The molecule has 2 nitrogen and oxygen atoms in total. The van der Waals surface area contributed by atoms with Crippen molar-refractivity contribution in [3.63, 3.8) is 0 Å². The van der Waals surface area contributed by atoms with Crippen LogP contribution < -0.4 is 10.1 Å². The van der Waals surface area contributed by atoms with Crippen LogP contribution >= 0.6 is 23.2 Å². The van der Waals surface area contributed by atoms with E-state index in [0.717, 1.165) is 12.2 Å². The Kier molecular flexibility index (Phi) is 4.36. The van der Waals surface area contributed by atoms with E-state index in [4.69, 9.17) is 27.9 Å². The lowest BCUT2D eigenvalue weighted by Crippen LogP contribution is -2.01. The lowest BCUT2D eigenvalue weighted by Gasteiger charge is -2.13. The molecule has 14 heavy (non-hydrogen) atoms. The average Bonchev–Trinajstić information content (AvgIpc) is 2.11. The summed E-state index contributed by atoms with van der Waals surface area (Å²) in [5.74, 6) is 0.667. The van der Waals surface area contributed by atoms with Crippen molar-refractivity contribution >= 4 is 28.9 Å². The fourth-order valence-electron chi connectivity index (χ4n) is 1.17. The molecule has 1 rings (SSSR count). The standard InChI is InChI=1S/C10H13Cl2NO/c1-3-13-9-6-7(11)5-8(12)10(9)14-4-2/h5-6,13H,3-4H2,1-2H3. The highest BCUT2D eigenvalue weighted by Crippen LogP contribution is 2.36. The van der Waals surface area contributed by atoms with Crippen molar-refractivity contribution in [3.05, 3.63) is 22.2 Å². The summed E-state index contributed by atoms with van der Waals surface area (Å²) in [7, 11) is 0. The first-order valence-electron chi connectivity index (χ1n) is 4.54. The monoisotopic (exact) mass is 233 g/mol. The zero-order valence-corrected chi connectivity index (χ0v) is 9.74. The van der Waals surface area contributed by atoms with Crippen molar-refractivity contribution in [2.75, 3.05) is 18.5 Å². The van der Waals surface area contributed by atoms with Gasteiger partial charge < -0.3 is 10.1 Å². The van der Waals surface area contributed by atoms with Gasteiger partial charge in [0.15, 0.2) is 5.75 Å².